The summed E-state index contributed by atoms with van der Waals surface area (Å²) in [4.78, 5) is 12.6. The number of hydrogen-bond acceptors (Lipinski definition) is 5. The van der Waals surface area contributed by atoms with E-state index in [1.54, 1.807) is 0 Å². The van der Waals surface area contributed by atoms with Gasteiger partial charge < -0.3 is 24.6 Å². The Morgan fingerprint density at radius 3 is 3.04 bits per heavy atom. The van der Waals surface area contributed by atoms with E-state index in [1.165, 1.54) is 0 Å². The second-order valence-corrected chi connectivity index (χ2v) is 5.90. The molecule has 1 fully saturated rings. The lowest BCUT2D eigenvalue weighted by atomic mass is 9.96. The van der Waals surface area contributed by atoms with E-state index in [-0.39, 0.29) is 18.6 Å². The number of carbonyl (C=O) groups is 1. The zero-order valence-electron chi connectivity index (χ0n) is 13.3. The van der Waals surface area contributed by atoms with E-state index in [0.717, 1.165) is 23.5 Å². The van der Waals surface area contributed by atoms with Crippen LogP contribution in [-0.4, -0.2) is 43.0 Å². The summed E-state index contributed by atoms with van der Waals surface area (Å²) in [6.45, 7) is 3.26. The maximum Gasteiger partial charge on any atom is 0.255 e. The predicted molar refractivity (Wildman–Crippen MR) is 83.6 cm³/mol. The molecule has 1 aromatic carbocycles. The van der Waals surface area contributed by atoms with Crippen molar-refractivity contribution < 1.29 is 24.1 Å². The molecule has 0 aliphatic carbocycles. The SMILES string of the molecule is CCOc1ccc2c(c1)C(NC(=O)C1(CO)CCCO1)CCO2. The van der Waals surface area contributed by atoms with Gasteiger partial charge in [0.2, 0.25) is 0 Å². The van der Waals surface area contributed by atoms with E-state index in [4.69, 9.17) is 14.2 Å². The quantitative estimate of drug-likeness (QED) is 0.861. The molecule has 2 heterocycles. The number of amides is 1. The van der Waals surface area contributed by atoms with Crippen LogP contribution in [0.2, 0.25) is 0 Å². The summed E-state index contributed by atoms with van der Waals surface area (Å²) in [5.74, 6) is 1.26. The van der Waals surface area contributed by atoms with Crippen LogP contribution < -0.4 is 14.8 Å². The number of aliphatic hydroxyl groups is 1. The van der Waals surface area contributed by atoms with Crippen LogP contribution in [0.25, 0.3) is 0 Å². The second-order valence-electron chi connectivity index (χ2n) is 5.90. The number of ether oxygens (including phenoxy) is 3. The summed E-state index contributed by atoms with van der Waals surface area (Å²) < 4.78 is 16.7. The Morgan fingerprint density at radius 1 is 1.48 bits per heavy atom. The monoisotopic (exact) mass is 321 g/mol. The van der Waals surface area contributed by atoms with Crippen molar-refractivity contribution in [3.8, 4) is 11.5 Å². The van der Waals surface area contributed by atoms with Gasteiger partial charge in [0.1, 0.15) is 11.5 Å². The number of rotatable bonds is 5. The zero-order valence-corrected chi connectivity index (χ0v) is 13.3. The summed E-state index contributed by atoms with van der Waals surface area (Å²) >= 11 is 0. The first-order valence-corrected chi connectivity index (χ1v) is 8.14. The highest BCUT2D eigenvalue weighted by Crippen LogP contribution is 2.36. The van der Waals surface area contributed by atoms with Crippen molar-refractivity contribution in [1.82, 2.24) is 5.32 Å². The van der Waals surface area contributed by atoms with Gasteiger partial charge in [0, 0.05) is 18.6 Å². The first kappa shape index (κ1) is 16.1. The van der Waals surface area contributed by atoms with Gasteiger partial charge in [-0.3, -0.25) is 4.79 Å². The number of nitrogens with one attached hydrogen (secondary N) is 1. The van der Waals surface area contributed by atoms with Gasteiger partial charge in [0.25, 0.3) is 5.91 Å². The number of aliphatic hydroxyl groups excluding tert-OH is 1. The summed E-state index contributed by atoms with van der Waals surface area (Å²) in [6, 6.07) is 5.47. The largest absolute Gasteiger partial charge is 0.494 e. The molecule has 3 rings (SSSR count). The molecule has 0 bridgehead atoms. The summed E-state index contributed by atoms with van der Waals surface area (Å²) in [7, 11) is 0. The molecule has 6 heteroatoms. The third kappa shape index (κ3) is 3.14. The van der Waals surface area contributed by atoms with Crippen LogP contribution in [0.1, 0.15) is 37.8 Å². The van der Waals surface area contributed by atoms with Gasteiger partial charge in [0.15, 0.2) is 5.60 Å². The van der Waals surface area contributed by atoms with Crippen LogP contribution in [0.4, 0.5) is 0 Å². The molecule has 1 saturated heterocycles. The summed E-state index contributed by atoms with van der Waals surface area (Å²) in [6.07, 6.45) is 2.01. The number of carbonyl (C=O) groups excluding carboxylic acids is 1. The Morgan fingerprint density at radius 2 is 2.35 bits per heavy atom. The first-order valence-electron chi connectivity index (χ1n) is 8.14. The third-order valence-electron chi connectivity index (χ3n) is 4.41. The minimum absolute atomic E-state index is 0.167. The van der Waals surface area contributed by atoms with Gasteiger partial charge in [-0.2, -0.15) is 0 Å². The lowest BCUT2D eigenvalue weighted by molar-refractivity contribution is -0.147. The van der Waals surface area contributed by atoms with Gasteiger partial charge in [-0.15, -0.1) is 0 Å². The van der Waals surface area contributed by atoms with Crippen molar-refractivity contribution in [2.24, 2.45) is 0 Å². The van der Waals surface area contributed by atoms with Crippen LogP contribution in [-0.2, 0) is 9.53 Å². The Hall–Kier alpha value is -1.79. The van der Waals surface area contributed by atoms with Gasteiger partial charge in [0.05, 0.1) is 25.9 Å². The van der Waals surface area contributed by atoms with Crippen molar-refractivity contribution in [3.63, 3.8) is 0 Å². The fourth-order valence-electron chi connectivity index (χ4n) is 3.14. The minimum atomic E-state index is -1.10. The molecule has 126 valence electrons. The standard InChI is InChI=1S/C17H23NO5/c1-2-21-12-4-5-15-13(10-12)14(6-9-22-15)18-16(20)17(11-19)7-3-8-23-17/h4-5,10,14,19H,2-3,6-9,11H2,1H3,(H,18,20). The fourth-order valence-corrected chi connectivity index (χ4v) is 3.14. The lowest BCUT2D eigenvalue weighted by Crippen LogP contribution is -2.50. The van der Waals surface area contributed by atoms with Crippen LogP contribution in [0.3, 0.4) is 0 Å². The molecular formula is C17H23NO5. The van der Waals surface area contributed by atoms with E-state index in [2.05, 4.69) is 5.32 Å². The molecule has 2 unspecified atom stereocenters. The van der Waals surface area contributed by atoms with Crippen molar-refractivity contribution >= 4 is 5.91 Å². The van der Waals surface area contributed by atoms with E-state index >= 15 is 0 Å². The van der Waals surface area contributed by atoms with E-state index < -0.39 is 5.60 Å². The third-order valence-corrected chi connectivity index (χ3v) is 4.41. The molecule has 0 radical (unpaired) electrons. The van der Waals surface area contributed by atoms with Gasteiger partial charge in [-0.1, -0.05) is 0 Å². The van der Waals surface area contributed by atoms with E-state index in [9.17, 15) is 9.90 Å². The van der Waals surface area contributed by atoms with Crippen LogP contribution in [0.5, 0.6) is 11.5 Å². The molecule has 23 heavy (non-hydrogen) atoms. The molecule has 0 spiro atoms. The molecule has 0 saturated carbocycles. The summed E-state index contributed by atoms with van der Waals surface area (Å²) in [5, 5.41) is 12.6. The Labute approximate surface area is 135 Å². The summed E-state index contributed by atoms with van der Waals surface area (Å²) in [5.41, 5.74) is -0.197. The highest BCUT2D eigenvalue weighted by molar-refractivity contribution is 5.86. The van der Waals surface area contributed by atoms with Crippen molar-refractivity contribution in [2.45, 2.75) is 37.8 Å². The maximum atomic E-state index is 12.6. The molecule has 2 aliphatic rings. The van der Waals surface area contributed by atoms with E-state index in [0.29, 0.717) is 32.7 Å². The Kier molecular flexibility index (Phi) is 4.73. The second kappa shape index (κ2) is 6.76. The molecule has 1 aromatic rings. The highest BCUT2D eigenvalue weighted by atomic mass is 16.5. The topological polar surface area (TPSA) is 77.0 Å². The molecule has 2 aliphatic heterocycles. The van der Waals surface area contributed by atoms with Crippen LogP contribution >= 0.6 is 0 Å². The van der Waals surface area contributed by atoms with Crippen molar-refractivity contribution in [2.75, 3.05) is 26.4 Å². The lowest BCUT2D eigenvalue weighted by Gasteiger charge is -2.31. The molecule has 6 nitrogen and oxygen atoms in total. The predicted octanol–water partition coefficient (Wildman–Crippen LogP) is 1.57. The van der Waals surface area contributed by atoms with Crippen LogP contribution in [0, 0.1) is 0 Å². The Bertz CT molecular complexity index is 568. The van der Waals surface area contributed by atoms with Gasteiger partial charge in [-0.25, -0.2) is 0 Å². The molecule has 1 amide bonds. The molecular weight excluding hydrogens is 298 g/mol. The average molecular weight is 321 g/mol. The fraction of sp³-hybridized carbons (Fsp3) is 0.588. The van der Waals surface area contributed by atoms with Gasteiger partial charge >= 0.3 is 0 Å². The molecule has 2 N–H and O–H groups in total. The molecule has 0 aromatic heterocycles. The number of fused-ring (bicyclic) bond motifs is 1. The minimum Gasteiger partial charge on any atom is -0.494 e. The normalized spacial score (nSPS) is 26.3. The number of hydrogen-bond donors (Lipinski definition) is 2. The molecule has 2 atom stereocenters. The van der Waals surface area contributed by atoms with Crippen LogP contribution in [0.15, 0.2) is 18.2 Å². The Balaban J connectivity index is 1.79. The highest BCUT2D eigenvalue weighted by Gasteiger charge is 2.43. The van der Waals surface area contributed by atoms with Crippen molar-refractivity contribution in [1.29, 1.82) is 0 Å². The zero-order chi connectivity index (χ0) is 16.3. The smallest absolute Gasteiger partial charge is 0.255 e. The van der Waals surface area contributed by atoms with Crippen molar-refractivity contribution in [3.05, 3.63) is 23.8 Å². The number of benzene rings is 1. The first-order chi connectivity index (χ1) is 11.2. The maximum absolute atomic E-state index is 12.6. The van der Waals surface area contributed by atoms with Gasteiger partial charge in [-0.05, 0) is 38.0 Å². The average Bonchev–Trinajstić information content (AvgIpc) is 3.06. The van der Waals surface area contributed by atoms with E-state index in [1.807, 2.05) is 25.1 Å².